The van der Waals surface area contributed by atoms with Gasteiger partial charge < -0.3 is 19.0 Å². The Labute approximate surface area is 191 Å². The molecule has 0 heterocycles. The molecule has 0 bridgehead atoms. The molecule has 2 aromatic carbocycles. The first-order valence-electron chi connectivity index (χ1n) is 11.0. The molecule has 0 aliphatic heterocycles. The third kappa shape index (κ3) is 8.67. The standard InChI is InChI=1S/C27H34O5/c1-20(2)18-26(31-19-23-12-14-24(30-4)15-13-23)27(29)32-25(16-17-28)21(3)10-11-22-8-6-5-7-9-22/h5-15,17,20-21,25-26H,16,18-19H2,1-4H3/b11-10+/t21-,25+,26+/m1/s1. The van der Waals surface area contributed by atoms with Crippen LogP contribution in [0.2, 0.25) is 0 Å². The minimum Gasteiger partial charge on any atom is -0.497 e. The van der Waals surface area contributed by atoms with Crippen LogP contribution in [0.3, 0.4) is 0 Å². The van der Waals surface area contributed by atoms with Gasteiger partial charge in [-0.3, -0.25) is 0 Å². The van der Waals surface area contributed by atoms with Crippen LogP contribution in [0.5, 0.6) is 5.75 Å². The lowest BCUT2D eigenvalue weighted by Crippen LogP contribution is -2.34. The molecule has 5 nitrogen and oxygen atoms in total. The van der Waals surface area contributed by atoms with E-state index in [0.717, 1.165) is 23.2 Å². The highest BCUT2D eigenvalue weighted by Gasteiger charge is 2.27. The Morgan fingerprint density at radius 2 is 1.69 bits per heavy atom. The van der Waals surface area contributed by atoms with Gasteiger partial charge in [-0.25, -0.2) is 4.79 Å². The van der Waals surface area contributed by atoms with Crippen LogP contribution in [-0.4, -0.2) is 31.6 Å². The van der Waals surface area contributed by atoms with E-state index in [1.165, 1.54) is 0 Å². The summed E-state index contributed by atoms with van der Waals surface area (Å²) >= 11 is 0. The number of benzene rings is 2. The van der Waals surface area contributed by atoms with Crippen molar-refractivity contribution in [2.24, 2.45) is 11.8 Å². The minimum atomic E-state index is -0.698. The third-order valence-electron chi connectivity index (χ3n) is 5.13. The van der Waals surface area contributed by atoms with Crippen LogP contribution in [-0.2, 0) is 25.7 Å². The maximum absolute atomic E-state index is 13.0. The summed E-state index contributed by atoms with van der Waals surface area (Å²) in [5.41, 5.74) is 1.99. The van der Waals surface area contributed by atoms with Crippen LogP contribution in [0.1, 0.15) is 44.7 Å². The van der Waals surface area contributed by atoms with Gasteiger partial charge >= 0.3 is 5.97 Å². The summed E-state index contributed by atoms with van der Waals surface area (Å²) in [5, 5.41) is 0. The summed E-state index contributed by atoms with van der Waals surface area (Å²) in [6.07, 6.45) is 4.17. The summed E-state index contributed by atoms with van der Waals surface area (Å²) in [5.74, 6) is 0.467. The zero-order valence-corrected chi connectivity index (χ0v) is 19.4. The zero-order valence-electron chi connectivity index (χ0n) is 19.4. The van der Waals surface area contributed by atoms with Gasteiger partial charge in [0.1, 0.15) is 18.1 Å². The van der Waals surface area contributed by atoms with E-state index in [9.17, 15) is 9.59 Å². The van der Waals surface area contributed by atoms with Gasteiger partial charge in [-0.15, -0.1) is 0 Å². The van der Waals surface area contributed by atoms with Crippen LogP contribution < -0.4 is 4.74 Å². The number of rotatable bonds is 13. The molecule has 0 fully saturated rings. The van der Waals surface area contributed by atoms with Crippen LogP contribution in [0.15, 0.2) is 60.7 Å². The molecule has 0 radical (unpaired) electrons. The molecule has 0 unspecified atom stereocenters. The van der Waals surface area contributed by atoms with Crippen molar-refractivity contribution in [3.63, 3.8) is 0 Å². The van der Waals surface area contributed by atoms with Gasteiger partial charge in [-0.05, 0) is 35.6 Å². The van der Waals surface area contributed by atoms with Crippen molar-refractivity contribution >= 4 is 18.3 Å². The first-order valence-corrected chi connectivity index (χ1v) is 11.0. The molecule has 0 N–H and O–H groups in total. The SMILES string of the molecule is COc1ccc(CO[C@@H](CC(C)C)C(=O)O[C@@H](CC=O)[C@H](C)/C=C/c2ccccc2)cc1. The third-order valence-corrected chi connectivity index (χ3v) is 5.13. The van der Waals surface area contributed by atoms with Crippen molar-refractivity contribution in [2.75, 3.05) is 7.11 Å². The van der Waals surface area contributed by atoms with Crippen LogP contribution >= 0.6 is 0 Å². The Morgan fingerprint density at radius 3 is 2.28 bits per heavy atom. The number of carbonyl (C=O) groups is 2. The molecular formula is C27H34O5. The Balaban J connectivity index is 2.03. The Morgan fingerprint density at radius 1 is 1.00 bits per heavy atom. The van der Waals surface area contributed by atoms with Gasteiger partial charge in [-0.1, -0.05) is 75.4 Å². The highest BCUT2D eigenvalue weighted by Crippen LogP contribution is 2.20. The number of hydrogen-bond donors (Lipinski definition) is 0. The first-order chi connectivity index (χ1) is 15.4. The van der Waals surface area contributed by atoms with Gasteiger partial charge in [0.15, 0.2) is 6.10 Å². The fraction of sp³-hybridized carbons (Fsp3) is 0.407. The Kier molecular flexibility index (Phi) is 10.7. The largest absolute Gasteiger partial charge is 0.497 e. The molecule has 172 valence electrons. The summed E-state index contributed by atoms with van der Waals surface area (Å²) in [6.45, 7) is 6.30. The van der Waals surface area contributed by atoms with Gasteiger partial charge in [0.05, 0.1) is 13.7 Å². The lowest BCUT2D eigenvalue weighted by Gasteiger charge is -2.24. The summed E-state index contributed by atoms with van der Waals surface area (Å²) < 4.78 is 16.9. The maximum atomic E-state index is 13.0. The number of hydrogen-bond acceptors (Lipinski definition) is 5. The van der Waals surface area contributed by atoms with Crippen molar-refractivity contribution in [3.05, 3.63) is 71.8 Å². The highest BCUT2D eigenvalue weighted by atomic mass is 16.6. The predicted molar refractivity (Wildman–Crippen MR) is 126 cm³/mol. The van der Waals surface area contributed by atoms with E-state index in [4.69, 9.17) is 14.2 Å². The molecule has 5 heteroatoms. The molecule has 0 saturated heterocycles. The Hall–Kier alpha value is -2.92. The lowest BCUT2D eigenvalue weighted by atomic mass is 10.00. The fourth-order valence-electron chi connectivity index (χ4n) is 3.22. The van der Waals surface area contributed by atoms with E-state index in [1.54, 1.807) is 7.11 Å². The average molecular weight is 439 g/mol. The highest BCUT2D eigenvalue weighted by molar-refractivity contribution is 5.75. The molecule has 32 heavy (non-hydrogen) atoms. The smallest absolute Gasteiger partial charge is 0.335 e. The number of carbonyl (C=O) groups excluding carboxylic acids is 2. The van der Waals surface area contributed by atoms with Crippen molar-refractivity contribution in [1.82, 2.24) is 0 Å². The number of esters is 1. The average Bonchev–Trinajstić information content (AvgIpc) is 2.80. The molecule has 0 aliphatic rings. The second-order valence-electron chi connectivity index (χ2n) is 8.28. The van der Waals surface area contributed by atoms with Gasteiger partial charge in [0.25, 0.3) is 0 Å². The van der Waals surface area contributed by atoms with E-state index < -0.39 is 18.2 Å². The minimum absolute atomic E-state index is 0.120. The monoisotopic (exact) mass is 438 g/mol. The normalized spacial score (nSPS) is 14.2. The molecule has 0 amide bonds. The van der Waals surface area contributed by atoms with Crippen molar-refractivity contribution in [2.45, 2.75) is 52.4 Å². The quantitative estimate of drug-likeness (QED) is 0.306. The predicted octanol–water partition coefficient (Wildman–Crippen LogP) is 5.48. The van der Waals surface area contributed by atoms with Crippen molar-refractivity contribution in [1.29, 1.82) is 0 Å². The van der Waals surface area contributed by atoms with Crippen molar-refractivity contribution in [3.8, 4) is 5.75 Å². The molecule has 3 atom stereocenters. The molecule has 2 aromatic rings. The number of ether oxygens (including phenoxy) is 3. The van der Waals surface area contributed by atoms with Crippen LogP contribution in [0.4, 0.5) is 0 Å². The van der Waals surface area contributed by atoms with Crippen LogP contribution in [0.25, 0.3) is 6.08 Å². The molecule has 0 spiro atoms. The molecule has 0 aromatic heterocycles. The molecule has 0 aliphatic carbocycles. The lowest BCUT2D eigenvalue weighted by molar-refractivity contribution is -0.166. The topological polar surface area (TPSA) is 61.8 Å². The van der Waals surface area contributed by atoms with E-state index in [0.29, 0.717) is 6.42 Å². The van der Waals surface area contributed by atoms with Gasteiger partial charge in [0, 0.05) is 12.3 Å². The van der Waals surface area contributed by atoms with Crippen molar-refractivity contribution < 1.29 is 23.8 Å². The maximum Gasteiger partial charge on any atom is 0.335 e. The second kappa shape index (κ2) is 13.5. The Bertz CT molecular complexity index is 842. The van der Waals surface area contributed by atoms with Gasteiger partial charge in [0.2, 0.25) is 0 Å². The molecular weight excluding hydrogens is 404 g/mol. The van der Waals surface area contributed by atoms with Crippen LogP contribution in [0, 0.1) is 11.8 Å². The second-order valence-corrected chi connectivity index (χ2v) is 8.28. The van der Waals surface area contributed by atoms with E-state index >= 15 is 0 Å². The molecule has 2 rings (SSSR count). The summed E-state index contributed by atoms with van der Waals surface area (Å²) in [7, 11) is 1.62. The zero-order chi connectivity index (χ0) is 23.3. The first kappa shape index (κ1) is 25.3. The van der Waals surface area contributed by atoms with E-state index in [1.807, 2.05) is 87.5 Å². The van der Waals surface area contributed by atoms with Gasteiger partial charge in [-0.2, -0.15) is 0 Å². The van der Waals surface area contributed by atoms with E-state index in [2.05, 4.69) is 0 Å². The van der Waals surface area contributed by atoms with E-state index in [-0.39, 0.29) is 24.9 Å². The summed E-state index contributed by atoms with van der Waals surface area (Å²) in [6, 6.07) is 17.4. The summed E-state index contributed by atoms with van der Waals surface area (Å²) in [4.78, 5) is 24.2. The molecule has 0 saturated carbocycles. The fourth-order valence-corrected chi connectivity index (χ4v) is 3.22. The number of aldehydes is 1. The number of methoxy groups -OCH3 is 1.